The highest BCUT2D eigenvalue weighted by Gasteiger charge is 2.32. The molecule has 2 fully saturated rings. The summed E-state index contributed by atoms with van der Waals surface area (Å²) >= 11 is 0. The van der Waals surface area contributed by atoms with Crippen LogP contribution in [0.25, 0.3) is 11.4 Å². The van der Waals surface area contributed by atoms with E-state index in [9.17, 15) is 9.59 Å². The third kappa shape index (κ3) is 5.02. The molecule has 1 saturated carbocycles. The lowest BCUT2D eigenvalue weighted by Crippen LogP contribution is -2.41. The molecule has 9 heteroatoms. The van der Waals surface area contributed by atoms with Crippen LogP contribution in [0.1, 0.15) is 54.4 Å². The number of hydrogen-bond acceptors (Lipinski definition) is 7. The molecule has 0 spiro atoms. The topological polar surface area (TPSA) is 110 Å². The molecule has 0 bridgehead atoms. The van der Waals surface area contributed by atoms with Gasteiger partial charge in [0, 0.05) is 30.5 Å². The molecule has 3 heterocycles. The van der Waals surface area contributed by atoms with Crippen molar-refractivity contribution in [1.29, 1.82) is 0 Å². The first kappa shape index (κ1) is 21.1. The van der Waals surface area contributed by atoms with Gasteiger partial charge in [0.2, 0.25) is 11.7 Å². The predicted molar refractivity (Wildman–Crippen MR) is 118 cm³/mol. The quantitative estimate of drug-likeness (QED) is 0.592. The fraction of sp³-hybridized carbons (Fsp3) is 0.375. The lowest BCUT2D eigenvalue weighted by atomic mass is 10.0. The zero-order chi connectivity index (χ0) is 22.6. The Bertz CT molecular complexity index is 1130. The molecule has 2 aliphatic rings. The number of hydrogen-bond donors (Lipinski definition) is 1. The van der Waals surface area contributed by atoms with E-state index in [0.29, 0.717) is 35.1 Å². The average molecular weight is 447 g/mol. The highest BCUT2D eigenvalue weighted by atomic mass is 16.5. The Kier molecular flexibility index (Phi) is 6.01. The second-order valence-corrected chi connectivity index (χ2v) is 8.37. The number of pyridine rings is 1. The predicted octanol–water partition coefficient (Wildman–Crippen LogP) is 3.16. The monoisotopic (exact) mass is 447 g/mol. The number of piperidine rings is 1. The lowest BCUT2D eigenvalue weighted by molar-refractivity contribution is -0.138. The van der Waals surface area contributed by atoms with Crippen LogP contribution in [0.5, 0.6) is 5.75 Å². The van der Waals surface area contributed by atoms with Crippen LogP contribution in [-0.2, 0) is 4.79 Å². The third-order valence-electron chi connectivity index (χ3n) is 5.83. The first-order valence-electron chi connectivity index (χ1n) is 11.2. The average Bonchev–Trinajstić information content (AvgIpc) is 3.54. The van der Waals surface area contributed by atoms with Crippen LogP contribution in [0.4, 0.5) is 0 Å². The molecule has 1 aliphatic heterocycles. The maximum absolute atomic E-state index is 12.9. The van der Waals surface area contributed by atoms with E-state index in [1.54, 1.807) is 17.2 Å². The van der Waals surface area contributed by atoms with E-state index in [0.717, 1.165) is 32.1 Å². The van der Waals surface area contributed by atoms with E-state index in [1.165, 1.54) is 6.20 Å². The Morgan fingerprint density at radius 1 is 1.12 bits per heavy atom. The number of nitrogens with one attached hydrogen (secondary N) is 1. The van der Waals surface area contributed by atoms with Gasteiger partial charge >= 0.3 is 0 Å². The van der Waals surface area contributed by atoms with Crippen molar-refractivity contribution >= 4 is 11.8 Å². The van der Waals surface area contributed by atoms with Gasteiger partial charge in [-0.25, -0.2) is 0 Å². The molecule has 1 aliphatic carbocycles. The molecule has 2 amide bonds. The molecule has 9 nitrogen and oxygen atoms in total. The Balaban J connectivity index is 1.29. The fourth-order valence-corrected chi connectivity index (χ4v) is 3.90. The molecular formula is C24H25N5O4. The zero-order valence-electron chi connectivity index (χ0n) is 18.1. The summed E-state index contributed by atoms with van der Waals surface area (Å²) in [5.74, 6) is 1.10. The smallest absolute Gasteiger partial charge is 0.261 e. The first-order chi connectivity index (χ1) is 16.2. The number of nitrogens with zero attached hydrogens (tertiary/aromatic N) is 4. The minimum atomic E-state index is -0.304. The Labute approximate surface area is 191 Å². The molecule has 1 atom stereocenters. The maximum Gasteiger partial charge on any atom is 0.261 e. The molecule has 1 N–H and O–H groups in total. The van der Waals surface area contributed by atoms with E-state index in [-0.39, 0.29) is 30.5 Å². The number of aromatic nitrogens is 3. The molecule has 33 heavy (non-hydrogen) atoms. The second kappa shape index (κ2) is 9.40. The van der Waals surface area contributed by atoms with Gasteiger partial charge in [-0.15, -0.1) is 0 Å². The zero-order valence-corrected chi connectivity index (χ0v) is 18.1. The molecule has 1 unspecified atom stereocenters. The van der Waals surface area contributed by atoms with E-state index in [1.807, 2.05) is 30.3 Å². The summed E-state index contributed by atoms with van der Waals surface area (Å²) in [5, 5.41) is 7.04. The van der Waals surface area contributed by atoms with Crippen molar-refractivity contribution in [3.05, 3.63) is 60.2 Å². The van der Waals surface area contributed by atoms with E-state index < -0.39 is 0 Å². The van der Waals surface area contributed by atoms with Crippen LogP contribution in [0, 0.1) is 0 Å². The summed E-state index contributed by atoms with van der Waals surface area (Å²) in [5.41, 5.74) is 1.05. The number of para-hydroxylation sites is 1. The van der Waals surface area contributed by atoms with Gasteiger partial charge in [0.05, 0.1) is 5.56 Å². The second-order valence-electron chi connectivity index (χ2n) is 8.37. The number of carbonyl (C=O) groups excluding carboxylic acids is 2. The Hall–Kier alpha value is -3.75. The molecular weight excluding hydrogens is 422 g/mol. The number of likely N-dealkylation sites (tertiary alicyclic amines) is 1. The number of benzene rings is 1. The van der Waals surface area contributed by atoms with Crippen LogP contribution in [0.2, 0.25) is 0 Å². The lowest BCUT2D eigenvalue weighted by Gasteiger charge is -2.33. The fourth-order valence-electron chi connectivity index (χ4n) is 3.90. The van der Waals surface area contributed by atoms with Gasteiger partial charge in [0.1, 0.15) is 11.8 Å². The summed E-state index contributed by atoms with van der Waals surface area (Å²) in [4.78, 5) is 35.7. The highest BCUT2D eigenvalue weighted by Crippen LogP contribution is 2.31. The van der Waals surface area contributed by atoms with Gasteiger partial charge < -0.3 is 19.5 Å². The number of ether oxygens (including phenoxy) is 1. The maximum atomic E-state index is 12.9. The summed E-state index contributed by atoms with van der Waals surface area (Å²) in [6, 6.07) is 10.9. The van der Waals surface area contributed by atoms with Crippen molar-refractivity contribution in [3.63, 3.8) is 0 Å². The van der Waals surface area contributed by atoms with Crippen LogP contribution in [0.15, 0.2) is 53.3 Å². The molecule has 1 saturated heterocycles. The first-order valence-corrected chi connectivity index (χ1v) is 11.2. The Morgan fingerprint density at radius 2 is 1.97 bits per heavy atom. The van der Waals surface area contributed by atoms with Crippen molar-refractivity contribution in [1.82, 2.24) is 25.3 Å². The molecule has 170 valence electrons. The largest absolute Gasteiger partial charge is 0.484 e. The van der Waals surface area contributed by atoms with Gasteiger partial charge in [-0.2, -0.15) is 4.98 Å². The van der Waals surface area contributed by atoms with E-state index in [2.05, 4.69) is 20.4 Å². The standard InChI is InChI=1S/C24H25N5O4/c30-21(15-32-19-6-2-1-3-7-19)29-11-5-4-8-20(29)24-27-22(28-33-24)16-12-17(14-25-13-16)23(31)26-18-9-10-18/h1-3,6-7,12-14,18,20H,4-5,8-11,15H2,(H,26,31). The molecule has 2 aromatic heterocycles. The summed E-state index contributed by atoms with van der Waals surface area (Å²) in [7, 11) is 0. The summed E-state index contributed by atoms with van der Waals surface area (Å²) < 4.78 is 11.2. The van der Waals surface area contributed by atoms with Gasteiger partial charge in [-0.1, -0.05) is 23.4 Å². The van der Waals surface area contributed by atoms with Crippen molar-refractivity contribution < 1.29 is 18.8 Å². The third-order valence-corrected chi connectivity index (χ3v) is 5.83. The van der Waals surface area contributed by atoms with Crippen LogP contribution < -0.4 is 10.1 Å². The van der Waals surface area contributed by atoms with Crippen molar-refractivity contribution in [2.24, 2.45) is 0 Å². The normalized spacial score (nSPS) is 18.1. The van der Waals surface area contributed by atoms with E-state index in [4.69, 9.17) is 9.26 Å². The minimum Gasteiger partial charge on any atom is -0.484 e. The summed E-state index contributed by atoms with van der Waals surface area (Å²) in [6.07, 6.45) is 7.76. The highest BCUT2D eigenvalue weighted by molar-refractivity contribution is 5.95. The molecule has 1 aromatic carbocycles. The SMILES string of the molecule is O=C(NC1CC1)c1cncc(-c2noc(C3CCCCN3C(=O)COc3ccccc3)n2)c1. The van der Waals surface area contributed by atoms with Gasteiger partial charge in [-0.05, 0) is 50.3 Å². The van der Waals surface area contributed by atoms with Crippen LogP contribution in [0.3, 0.4) is 0 Å². The van der Waals surface area contributed by atoms with Crippen molar-refractivity contribution in [2.75, 3.05) is 13.2 Å². The van der Waals surface area contributed by atoms with Crippen molar-refractivity contribution in [2.45, 2.75) is 44.2 Å². The van der Waals surface area contributed by atoms with Crippen LogP contribution in [-0.4, -0.2) is 51.0 Å². The molecule has 3 aromatic rings. The van der Waals surface area contributed by atoms with E-state index >= 15 is 0 Å². The minimum absolute atomic E-state index is 0.0520. The number of amides is 2. The molecule has 0 radical (unpaired) electrons. The van der Waals surface area contributed by atoms with Gasteiger partial charge in [0.15, 0.2) is 6.61 Å². The summed E-state index contributed by atoms with van der Waals surface area (Å²) in [6.45, 7) is 0.557. The number of rotatable bonds is 7. The number of carbonyl (C=O) groups is 2. The van der Waals surface area contributed by atoms with Crippen molar-refractivity contribution in [3.8, 4) is 17.1 Å². The van der Waals surface area contributed by atoms with Crippen LogP contribution >= 0.6 is 0 Å². The molecule has 5 rings (SSSR count). The van der Waals surface area contributed by atoms with Gasteiger partial charge in [-0.3, -0.25) is 14.6 Å². The van der Waals surface area contributed by atoms with Gasteiger partial charge in [0.25, 0.3) is 11.8 Å². The Morgan fingerprint density at radius 3 is 2.79 bits per heavy atom.